The Balaban J connectivity index is 1.78. The summed E-state index contributed by atoms with van der Waals surface area (Å²) >= 11 is 0. The zero-order chi connectivity index (χ0) is 14.7. The zero-order valence-electron chi connectivity index (χ0n) is 11.4. The molecule has 0 bridgehead atoms. The van der Waals surface area contributed by atoms with E-state index in [0.717, 1.165) is 5.56 Å². The van der Waals surface area contributed by atoms with Gasteiger partial charge in [0.05, 0.1) is 5.69 Å². The summed E-state index contributed by atoms with van der Waals surface area (Å²) in [7, 11) is 0. The second-order valence-electron chi connectivity index (χ2n) is 4.57. The number of azo groups is 1. The highest BCUT2D eigenvalue weighted by Crippen LogP contribution is 2.21. The largest absolute Gasteiger partial charge is 0.508 e. The summed E-state index contributed by atoms with van der Waals surface area (Å²) in [6.07, 6.45) is 0. The van der Waals surface area contributed by atoms with E-state index in [2.05, 4.69) is 25.4 Å². The molecule has 0 aliphatic rings. The van der Waals surface area contributed by atoms with Gasteiger partial charge in [0.25, 0.3) is 5.95 Å². The predicted molar refractivity (Wildman–Crippen MR) is 78.8 cm³/mol. The quantitative estimate of drug-likeness (QED) is 0.713. The summed E-state index contributed by atoms with van der Waals surface area (Å²) in [4.78, 5) is 4.27. The first-order valence-corrected chi connectivity index (χ1v) is 6.41. The van der Waals surface area contributed by atoms with E-state index in [0.29, 0.717) is 11.5 Å². The summed E-state index contributed by atoms with van der Waals surface area (Å²) in [6, 6.07) is 14.4. The van der Waals surface area contributed by atoms with E-state index >= 15 is 0 Å². The van der Waals surface area contributed by atoms with E-state index in [-0.39, 0.29) is 11.7 Å². The minimum absolute atomic E-state index is 0.188. The number of hydrogen-bond donors (Lipinski definition) is 2. The summed E-state index contributed by atoms with van der Waals surface area (Å²) in [5.41, 5.74) is 2.75. The van der Waals surface area contributed by atoms with E-state index in [4.69, 9.17) is 0 Å². The Hall–Kier alpha value is -3.02. The Bertz CT molecular complexity index is 760. The van der Waals surface area contributed by atoms with E-state index in [1.54, 1.807) is 24.3 Å². The topological polar surface area (TPSA) is 86.5 Å². The van der Waals surface area contributed by atoms with Gasteiger partial charge >= 0.3 is 0 Å². The van der Waals surface area contributed by atoms with E-state index in [1.165, 1.54) is 5.56 Å². The summed E-state index contributed by atoms with van der Waals surface area (Å²) in [5, 5.41) is 24.0. The van der Waals surface area contributed by atoms with Gasteiger partial charge in [-0.1, -0.05) is 29.8 Å². The lowest BCUT2D eigenvalue weighted by atomic mass is 10.1. The maximum atomic E-state index is 9.19. The molecule has 0 spiro atoms. The number of H-pyrrole nitrogens is 1. The molecule has 6 nitrogen and oxygen atoms in total. The Morgan fingerprint density at radius 1 is 0.952 bits per heavy atom. The van der Waals surface area contributed by atoms with Crippen LogP contribution in [0.15, 0.2) is 58.8 Å². The smallest absolute Gasteiger partial charge is 0.287 e. The van der Waals surface area contributed by atoms with Crippen LogP contribution in [0.3, 0.4) is 0 Å². The molecule has 0 saturated heterocycles. The summed E-state index contributed by atoms with van der Waals surface area (Å²) in [6.45, 7) is 2.03. The standard InChI is InChI=1S/C15H13N5O/c1-10-2-4-11(5-3-10)14-16-15(20-18-14)19-17-12-6-8-13(21)9-7-12/h2-9,21H,1H3,(H,16,18,20). The van der Waals surface area contributed by atoms with E-state index in [1.807, 2.05) is 31.2 Å². The number of aryl methyl sites for hydroxylation is 1. The average molecular weight is 279 g/mol. The minimum Gasteiger partial charge on any atom is -0.508 e. The van der Waals surface area contributed by atoms with Crippen LogP contribution in [0.5, 0.6) is 5.75 Å². The highest BCUT2D eigenvalue weighted by molar-refractivity contribution is 5.55. The molecule has 0 saturated carbocycles. The number of hydrogen-bond acceptors (Lipinski definition) is 5. The molecule has 0 unspecified atom stereocenters. The van der Waals surface area contributed by atoms with Crippen molar-refractivity contribution in [3.63, 3.8) is 0 Å². The maximum absolute atomic E-state index is 9.19. The van der Waals surface area contributed by atoms with Crippen molar-refractivity contribution in [1.82, 2.24) is 15.2 Å². The van der Waals surface area contributed by atoms with Gasteiger partial charge in [0.15, 0.2) is 5.82 Å². The van der Waals surface area contributed by atoms with Gasteiger partial charge in [0.1, 0.15) is 5.75 Å². The van der Waals surface area contributed by atoms with Crippen LogP contribution in [0, 0.1) is 6.92 Å². The molecule has 104 valence electrons. The monoisotopic (exact) mass is 279 g/mol. The molecule has 1 heterocycles. The zero-order valence-corrected chi connectivity index (χ0v) is 11.4. The lowest BCUT2D eigenvalue weighted by molar-refractivity contribution is 0.475. The fraction of sp³-hybridized carbons (Fsp3) is 0.0667. The molecule has 0 aliphatic heterocycles. The molecular weight excluding hydrogens is 266 g/mol. The van der Waals surface area contributed by atoms with Crippen LogP contribution in [0.25, 0.3) is 11.4 Å². The fourth-order valence-electron chi connectivity index (χ4n) is 1.76. The first-order valence-electron chi connectivity index (χ1n) is 6.41. The van der Waals surface area contributed by atoms with E-state index in [9.17, 15) is 5.11 Å². The van der Waals surface area contributed by atoms with Crippen molar-refractivity contribution in [2.24, 2.45) is 10.2 Å². The SMILES string of the molecule is Cc1ccc(-c2nc(N=Nc3ccc(O)cc3)n[nH]2)cc1. The average Bonchev–Trinajstić information content (AvgIpc) is 2.96. The van der Waals surface area contributed by atoms with Crippen molar-refractivity contribution in [2.45, 2.75) is 6.92 Å². The van der Waals surface area contributed by atoms with Crippen molar-refractivity contribution in [2.75, 3.05) is 0 Å². The van der Waals surface area contributed by atoms with Gasteiger partial charge in [-0.25, -0.2) is 0 Å². The number of rotatable bonds is 3. The lowest BCUT2D eigenvalue weighted by Crippen LogP contribution is -1.80. The number of aromatic nitrogens is 3. The van der Waals surface area contributed by atoms with Gasteiger partial charge in [-0.05, 0) is 31.2 Å². The molecule has 0 radical (unpaired) electrons. The van der Waals surface area contributed by atoms with Crippen molar-refractivity contribution in [3.05, 3.63) is 54.1 Å². The molecule has 0 atom stereocenters. The third-order valence-corrected chi connectivity index (χ3v) is 2.90. The van der Waals surface area contributed by atoms with Gasteiger partial charge in [-0.3, -0.25) is 5.10 Å². The molecule has 6 heteroatoms. The van der Waals surface area contributed by atoms with Crippen LogP contribution in [-0.2, 0) is 0 Å². The predicted octanol–water partition coefficient (Wildman–Crippen LogP) is 3.90. The van der Waals surface area contributed by atoms with Crippen molar-refractivity contribution in [1.29, 1.82) is 0 Å². The molecule has 2 N–H and O–H groups in total. The first kappa shape index (κ1) is 13.0. The molecular formula is C15H13N5O. The molecule has 3 rings (SSSR count). The van der Waals surface area contributed by atoms with Gasteiger partial charge in [0, 0.05) is 5.56 Å². The second-order valence-corrected chi connectivity index (χ2v) is 4.57. The number of phenols is 1. The third kappa shape index (κ3) is 3.11. The fourth-order valence-corrected chi connectivity index (χ4v) is 1.76. The minimum atomic E-state index is 0.188. The Morgan fingerprint density at radius 2 is 1.67 bits per heavy atom. The van der Waals surface area contributed by atoms with E-state index < -0.39 is 0 Å². The van der Waals surface area contributed by atoms with Gasteiger partial charge in [-0.15, -0.1) is 15.3 Å². The first-order chi connectivity index (χ1) is 10.2. The van der Waals surface area contributed by atoms with Crippen LogP contribution in [-0.4, -0.2) is 20.3 Å². The molecule has 0 amide bonds. The van der Waals surface area contributed by atoms with Gasteiger partial charge in [-0.2, -0.15) is 4.98 Å². The lowest BCUT2D eigenvalue weighted by Gasteiger charge is -1.95. The molecule has 1 aromatic heterocycles. The van der Waals surface area contributed by atoms with Crippen molar-refractivity contribution >= 4 is 11.6 Å². The molecule has 3 aromatic rings. The number of nitrogens with zero attached hydrogens (tertiary/aromatic N) is 4. The van der Waals surface area contributed by atoms with Crippen molar-refractivity contribution < 1.29 is 5.11 Å². The van der Waals surface area contributed by atoms with Gasteiger partial charge in [0.2, 0.25) is 0 Å². The van der Waals surface area contributed by atoms with Gasteiger partial charge < -0.3 is 5.11 Å². The van der Waals surface area contributed by atoms with Crippen LogP contribution in [0.2, 0.25) is 0 Å². The Morgan fingerprint density at radius 3 is 2.38 bits per heavy atom. The number of nitrogens with one attached hydrogen (secondary N) is 1. The third-order valence-electron chi connectivity index (χ3n) is 2.90. The highest BCUT2D eigenvalue weighted by atomic mass is 16.3. The Labute approximate surface area is 121 Å². The number of benzene rings is 2. The normalized spacial score (nSPS) is 11.1. The summed E-state index contributed by atoms with van der Waals surface area (Å²) < 4.78 is 0. The number of aromatic amines is 1. The van der Waals surface area contributed by atoms with Crippen molar-refractivity contribution in [3.8, 4) is 17.1 Å². The number of aromatic hydroxyl groups is 1. The molecule has 0 aliphatic carbocycles. The summed E-state index contributed by atoms with van der Waals surface area (Å²) in [5.74, 6) is 1.10. The Kier molecular flexibility index (Phi) is 3.42. The molecule has 21 heavy (non-hydrogen) atoms. The highest BCUT2D eigenvalue weighted by Gasteiger charge is 2.04. The molecule has 0 fully saturated rings. The van der Waals surface area contributed by atoms with Crippen LogP contribution in [0.4, 0.5) is 11.6 Å². The van der Waals surface area contributed by atoms with Crippen LogP contribution in [0.1, 0.15) is 5.56 Å². The second kappa shape index (κ2) is 5.54. The van der Waals surface area contributed by atoms with Crippen LogP contribution >= 0.6 is 0 Å². The maximum Gasteiger partial charge on any atom is 0.287 e. The van der Waals surface area contributed by atoms with Crippen LogP contribution < -0.4 is 0 Å². The molecule has 2 aromatic carbocycles. The number of phenolic OH excluding ortho intramolecular Hbond substituents is 1.